The first-order valence-electron chi connectivity index (χ1n) is 6.04. The van der Waals surface area contributed by atoms with Crippen LogP contribution in [0.25, 0.3) is 0 Å². The van der Waals surface area contributed by atoms with Crippen LogP contribution in [0.4, 0.5) is 4.79 Å². The van der Waals surface area contributed by atoms with E-state index >= 15 is 0 Å². The predicted molar refractivity (Wildman–Crippen MR) is 66.3 cm³/mol. The minimum atomic E-state index is -0.208. The molecule has 1 aliphatic rings. The summed E-state index contributed by atoms with van der Waals surface area (Å²) in [5, 5.41) is 0. The minimum absolute atomic E-state index is 0.208. The average Bonchev–Trinajstić information content (AvgIpc) is 2.38. The number of hydrogen-bond donors (Lipinski definition) is 0. The van der Waals surface area contributed by atoms with Crippen LogP contribution in [-0.4, -0.2) is 24.1 Å². The number of ether oxygens (including phenoxy) is 1. The van der Waals surface area contributed by atoms with Crippen molar-refractivity contribution in [1.29, 1.82) is 0 Å². The van der Waals surface area contributed by atoms with Gasteiger partial charge in [-0.05, 0) is 24.3 Å². The lowest BCUT2D eigenvalue weighted by Crippen LogP contribution is -2.38. The van der Waals surface area contributed by atoms with Gasteiger partial charge in [0.05, 0.1) is 0 Å². The number of amides is 1. The van der Waals surface area contributed by atoms with E-state index in [1.807, 2.05) is 30.3 Å². The molecule has 0 spiro atoms. The Labute approximate surface area is 102 Å². The molecule has 1 aliphatic heterocycles. The van der Waals surface area contributed by atoms with E-state index in [2.05, 4.69) is 6.92 Å². The zero-order valence-electron chi connectivity index (χ0n) is 9.97. The fourth-order valence-corrected chi connectivity index (χ4v) is 1.93. The number of hydrogen-bond acceptors (Lipinski definition) is 2. The van der Waals surface area contributed by atoms with Gasteiger partial charge in [-0.15, -0.1) is 0 Å². The van der Waals surface area contributed by atoms with Crippen molar-refractivity contribution >= 4 is 6.09 Å². The average molecular weight is 232 g/mol. The van der Waals surface area contributed by atoms with E-state index < -0.39 is 0 Å². The highest BCUT2D eigenvalue weighted by Crippen LogP contribution is 2.16. The van der Waals surface area contributed by atoms with Gasteiger partial charge in [0.1, 0.15) is 6.61 Å². The number of piperidine rings is 1. The van der Waals surface area contributed by atoms with E-state index in [4.69, 9.17) is 4.74 Å². The van der Waals surface area contributed by atoms with E-state index in [0.717, 1.165) is 31.5 Å². The lowest BCUT2D eigenvalue weighted by atomic mass is 10.00. The highest BCUT2D eigenvalue weighted by atomic mass is 16.6. The summed E-state index contributed by atoms with van der Waals surface area (Å²) in [5.41, 5.74) is 1.02. The zero-order valence-corrected chi connectivity index (χ0v) is 9.97. The number of carbonyl (C=O) groups is 1. The highest BCUT2D eigenvalue weighted by molar-refractivity contribution is 5.67. The molecule has 0 aliphatic carbocycles. The molecule has 1 aromatic carbocycles. The first-order valence-corrected chi connectivity index (χ1v) is 6.04. The van der Waals surface area contributed by atoms with Gasteiger partial charge in [0.25, 0.3) is 0 Å². The van der Waals surface area contributed by atoms with Gasteiger partial charge in [-0.25, -0.2) is 4.79 Å². The van der Waals surface area contributed by atoms with Crippen LogP contribution in [0.3, 0.4) is 0 Å². The van der Waals surface area contributed by atoms with Crippen molar-refractivity contribution in [3.8, 4) is 0 Å². The first-order chi connectivity index (χ1) is 8.25. The maximum absolute atomic E-state index is 11.8. The van der Waals surface area contributed by atoms with Crippen LogP contribution in [-0.2, 0) is 11.3 Å². The Morgan fingerprint density at radius 3 is 2.59 bits per heavy atom. The van der Waals surface area contributed by atoms with Crippen LogP contribution in [0.2, 0.25) is 0 Å². The van der Waals surface area contributed by atoms with E-state index in [1.165, 1.54) is 0 Å². The number of likely N-dealkylation sites (tertiary alicyclic amines) is 1. The number of benzene rings is 1. The van der Waals surface area contributed by atoms with Crippen molar-refractivity contribution in [3.05, 3.63) is 42.8 Å². The minimum Gasteiger partial charge on any atom is -0.445 e. The van der Waals surface area contributed by atoms with Gasteiger partial charge in [-0.3, -0.25) is 0 Å². The molecule has 0 atom stereocenters. The van der Waals surface area contributed by atoms with Gasteiger partial charge < -0.3 is 9.64 Å². The Hall–Kier alpha value is -1.51. The standard InChI is InChI=1S/C14H18NO2/c1-12-7-9-15(10-8-12)14(16)17-11-13-5-3-2-4-6-13/h2-6,12H,1,7-11H2. The second-order valence-corrected chi connectivity index (χ2v) is 4.47. The lowest BCUT2D eigenvalue weighted by Gasteiger charge is -2.29. The van der Waals surface area contributed by atoms with E-state index in [9.17, 15) is 4.79 Å². The smallest absolute Gasteiger partial charge is 0.410 e. The second-order valence-electron chi connectivity index (χ2n) is 4.47. The van der Waals surface area contributed by atoms with Crippen LogP contribution >= 0.6 is 0 Å². The summed E-state index contributed by atoms with van der Waals surface area (Å²) in [7, 11) is 0. The summed E-state index contributed by atoms with van der Waals surface area (Å²) < 4.78 is 5.27. The molecular weight excluding hydrogens is 214 g/mol. The molecule has 0 N–H and O–H groups in total. The molecule has 1 radical (unpaired) electrons. The molecule has 1 fully saturated rings. The fraction of sp³-hybridized carbons (Fsp3) is 0.429. The van der Waals surface area contributed by atoms with Crippen LogP contribution in [0.5, 0.6) is 0 Å². The number of rotatable bonds is 2. The van der Waals surface area contributed by atoms with Gasteiger partial charge in [0.2, 0.25) is 0 Å². The highest BCUT2D eigenvalue weighted by Gasteiger charge is 2.21. The molecule has 1 saturated heterocycles. The molecule has 3 nitrogen and oxygen atoms in total. The summed E-state index contributed by atoms with van der Waals surface area (Å²) in [6.07, 6.45) is 1.74. The molecule has 0 bridgehead atoms. The summed E-state index contributed by atoms with van der Waals surface area (Å²) in [6, 6.07) is 9.74. The van der Waals surface area contributed by atoms with Gasteiger partial charge in [-0.2, -0.15) is 0 Å². The summed E-state index contributed by atoms with van der Waals surface area (Å²) >= 11 is 0. The van der Waals surface area contributed by atoms with Crippen molar-refractivity contribution in [2.24, 2.45) is 5.92 Å². The molecular formula is C14H18NO2. The van der Waals surface area contributed by atoms with Gasteiger partial charge >= 0.3 is 6.09 Å². The maximum Gasteiger partial charge on any atom is 0.410 e. The van der Waals surface area contributed by atoms with E-state index in [-0.39, 0.29) is 6.09 Å². The maximum atomic E-state index is 11.8. The van der Waals surface area contributed by atoms with E-state index in [0.29, 0.717) is 12.5 Å². The van der Waals surface area contributed by atoms with Crippen LogP contribution in [0, 0.1) is 12.8 Å². The van der Waals surface area contributed by atoms with Gasteiger partial charge in [-0.1, -0.05) is 37.3 Å². The molecule has 0 unspecified atom stereocenters. The molecule has 1 aromatic rings. The van der Waals surface area contributed by atoms with Gasteiger partial charge in [0.15, 0.2) is 0 Å². The normalized spacial score (nSPS) is 16.9. The topological polar surface area (TPSA) is 29.5 Å². The lowest BCUT2D eigenvalue weighted by molar-refractivity contribution is 0.0853. The van der Waals surface area contributed by atoms with Crippen molar-refractivity contribution in [3.63, 3.8) is 0 Å². The molecule has 17 heavy (non-hydrogen) atoms. The number of nitrogens with zero attached hydrogens (tertiary/aromatic N) is 1. The Kier molecular flexibility index (Phi) is 4.02. The molecule has 2 rings (SSSR count). The van der Waals surface area contributed by atoms with Crippen molar-refractivity contribution in [1.82, 2.24) is 4.90 Å². The summed E-state index contributed by atoms with van der Waals surface area (Å²) in [5.74, 6) is 0.480. The molecule has 91 valence electrons. The molecule has 3 heteroatoms. The monoisotopic (exact) mass is 232 g/mol. The fourth-order valence-electron chi connectivity index (χ4n) is 1.93. The van der Waals surface area contributed by atoms with Crippen LogP contribution < -0.4 is 0 Å². The third-order valence-corrected chi connectivity index (χ3v) is 3.08. The Morgan fingerprint density at radius 1 is 1.29 bits per heavy atom. The molecule has 1 heterocycles. The summed E-state index contributed by atoms with van der Waals surface area (Å²) in [4.78, 5) is 13.5. The largest absolute Gasteiger partial charge is 0.445 e. The Morgan fingerprint density at radius 2 is 1.94 bits per heavy atom. The molecule has 1 amide bonds. The van der Waals surface area contributed by atoms with Crippen molar-refractivity contribution in [2.75, 3.05) is 13.1 Å². The third kappa shape index (κ3) is 3.48. The Bertz CT molecular complexity index is 356. The van der Waals surface area contributed by atoms with Crippen molar-refractivity contribution < 1.29 is 9.53 Å². The summed E-state index contributed by atoms with van der Waals surface area (Å²) in [6.45, 7) is 5.89. The second kappa shape index (κ2) is 5.71. The third-order valence-electron chi connectivity index (χ3n) is 3.08. The van der Waals surface area contributed by atoms with Gasteiger partial charge in [0, 0.05) is 13.1 Å². The van der Waals surface area contributed by atoms with Crippen molar-refractivity contribution in [2.45, 2.75) is 19.4 Å². The zero-order chi connectivity index (χ0) is 12.1. The predicted octanol–water partition coefficient (Wildman–Crippen LogP) is 2.87. The van der Waals surface area contributed by atoms with Crippen LogP contribution in [0.15, 0.2) is 30.3 Å². The SMILES string of the molecule is [CH2]C1CCN(C(=O)OCc2ccccc2)CC1. The van der Waals surface area contributed by atoms with E-state index in [1.54, 1.807) is 4.90 Å². The molecule has 0 aromatic heterocycles. The molecule has 0 saturated carbocycles. The van der Waals surface area contributed by atoms with Crippen LogP contribution in [0.1, 0.15) is 18.4 Å². The Balaban J connectivity index is 1.78. The number of carbonyl (C=O) groups excluding carboxylic acids is 1. The quantitative estimate of drug-likeness (QED) is 0.784. The first kappa shape index (κ1) is 12.0.